The van der Waals surface area contributed by atoms with Gasteiger partial charge < -0.3 is 4.29 Å². The molecule has 2 aromatic carbocycles. The van der Waals surface area contributed by atoms with Crippen LogP contribution in [0.4, 0.5) is 0 Å². The highest BCUT2D eigenvalue weighted by Gasteiger charge is 2.04. The lowest BCUT2D eigenvalue weighted by molar-refractivity contribution is 0.112. The quantitative estimate of drug-likeness (QED) is 0.770. The van der Waals surface area contributed by atoms with E-state index >= 15 is 0 Å². The third-order valence-electron chi connectivity index (χ3n) is 2.54. The van der Waals surface area contributed by atoms with Crippen LogP contribution in [-0.2, 0) is 6.42 Å². The van der Waals surface area contributed by atoms with Gasteiger partial charge in [-0.05, 0) is 29.7 Å². The molecule has 0 N–H and O–H groups in total. The molecular weight excluding hydrogens is 236 g/mol. The van der Waals surface area contributed by atoms with Gasteiger partial charge in [-0.1, -0.05) is 36.4 Å². The van der Waals surface area contributed by atoms with Crippen LogP contribution >= 0.6 is 11.9 Å². The monoisotopic (exact) mass is 246 g/mol. The number of rotatable bonds is 4. The molecule has 0 amide bonds. The van der Waals surface area contributed by atoms with Gasteiger partial charge >= 0.3 is 0 Å². The van der Waals surface area contributed by atoms with E-state index < -0.39 is 0 Å². The molecule has 0 heterocycles. The van der Waals surface area contributed by atoms with Crippen LogP contribution in [0.2, 0.25) is 0 Å². The summed E-state index contributed by atoms with van der Waals surface area (Å²) in [6, 6.07) is 15.5. The number of carbonyl (C=O) groups excluding carboxylic acids is 1. The molecule has 0 unspecified atom stereocenters. The van der Waals surface area contributed by atoms with Crippen LogP contribution in [0.15, 0.2) is 48.5 Å². The first kappa shape index (κ1) is 11.7. The summed E-state index contributed by atoms with van der Waals surface area (Å²) in [5.41, 5.74) is 2.72. The van der Waals surface area contributed by atoms with E-state index in [1.165, 1.54) is 5.56 Å². The highest BCUT2D eigenvalue weighted by molar-refractivity contribution is 6.09. The molecule has 0 aromatic heterocycles. The first-order valence-electron chi connectivity index (χ1n) is 5.24. The zero-order valence-corrected chi connectivity index (χ0v) is 9.85. The average Bonchev–Trinajstić information content (AvgIpc) is 2.40. The van der Waals surface area contributed by atoms with Gasteiger partial charge in [0.25, 0.3) is 0 Å². The number of hydrogen-bond acceptors (Lipinski definition) is 2. The molecule has 3 heteroatoms. The van der Waals surface area contributed by atoms with Gasteiger partial charge in [0.05, 0.1) is 5.56 Å². The van der Waals surface area contributed by atoms with Gasteiger partial charge in [0, 0.05) is 0 Å². The molecule has 86 valence electrons. The maximum atomic E-state index is 10.9. The van der Waals surface area contributed by atoms with Crippen molar-refractivity contribution in [3.05, 3.63) is 65.2 Å². The molecule has 0 aliphatic rings. The number of carbonyl (C=O) groups is 1. The summed E-state index contributed by atoms with van der Waals surface area (Å²) < 4.78 is 4.58. The van der Waals surface area contributed by atoms with Crippen LogP contribution in [0.1, 0.15) is 21.5 Å². The molecule has 2 nitrogen and oxygen atoms in total. The Kier molecular flexibility index (Phi) is 3.78. The SMILES string of the molecule is O=Cc1cc(Cc2ccccc2)ccc1OCl. The zero-order valence-electron chi connectivity index (χ0n) is 9.10. The lowest BCUT2D eigenvalue weighted by atomic mass is 10.0. The summed E-state index contributed by atoms with van der Waals surface area (Å²) in [5, 5.41) is 0. The van der Waals surface area contributed by atoms with Crippen molar-refractivity contribution in [1.29, 1.82) is 0 Å². The lowest BCUT2D eigenvalue weighted by Gasteiger charge is -2.05. The van der Waals surface area contributed by atoms with Crippen LogP contribution < -0.4 is 4.29 Å². The van der Waals surface area contributed by atoms with Crippen molar-refractivity contribution < 1.29 is 9.08 Å². The fraction of sp³-hybridized carbons (Fsp3) is 0.0714. The second-order valence-corrected chi connectivity index (χ2v) is 3.88. The smallest absolute Gasteiger partial charge is 0.156 e. The van der Waals surface area contributed by atoms with Crippen LogP contribution in [0.5, 0.6) is 5.75 Å². The van der Waals surface area contributed by atoms with Crippen molar-refractivity contribution >= 4 is 18.2 Å². The van der Waals surface area contributed by atoms with Gasteiger partial charge in [-0.15, -0.1) is 0 Å². The summed E-state index contributed by atoms with van der Waals surface area (Å²) in [7, 11) is 0. The van der Waals surface area contributed by atoms with Crippen molar-refractivity contribution in [1.82, 2.24) is 0 Å². The van der Waals surface area contributed by atoms with Gasteiger partial charge in [0.15, 0.2) is 12.0 Å². The molecule has 2 rings (SSSR count). The Bertz CT molecular complexity index is 509. The number of hydrogen-bond donors (Lipinski definition) is 0. The first-order chi connectivity index (χ1) is 8.33. The Hall–Kier alpha value is -1.80. The molecule has 0 bridgehead atoms. The second-order valence-electron chi connectivity index (χ2n) is 3.73. The molecule has 0 saturated heterocycles. The van der Waals surface area contributed by atoms with Gasteiger partial charge in [0.2, 0.25) is 0 Å². The van der Waals surface area contributed by atoms with E-state index in [1.54, 1.807) is 12.1 Å². The van der Waals surface area contributed by atoms with E-state index in [9.17, 15) is 4.79 Å². The molecule has 0 atom stereocenters. The second kappa shape index (κ2) is 5.51. The van der Waals surface area contributed by atoms with Crippen molar-refractivity contribution in [2.45, 2.75) is 6.42 Å². The predicted molar refractivity (Wildman–Crippen MR) is 67.6 cm³/mol. The Morgan fingerprint density at radius 3 is 2.47 bits per heavy atom. The Labute approximate surface area is 105 Å². The normalized spacial score (nSPS) is 9.94. The van der Waals surface area contributed by atoms with Crippen molar-refractivity contribution in [3.63, 3.8) is 0 Å². The molecule has 0 aliphatic carbocycles. The van der Waals surface area contributed by atoms with Gasteiger partial charge in [-0.2, -0.15) is 0 Å². The van der Waals surface area contributed by atoms with E-state index in [1.807, 2.05) is 36.4 Å². The summed E-state index contributed by atoms with van der Waals surface area (Å²) in [6.45, 7) is 0. The van der Waals surface area contributed by atoms with Crippen LogP contribution in [0, 0.1) is 0 Å². The van der Waals surface area contributed by atoms with E-state index in [4.69, 9.17) is 11.9 Å². The maximum absolute atomic E-state index is 10.9. The average molecular weight is 247 g/mol. The van der Waals surface area contributed by atoms with Crippen molar-refractivity contribution in [2.24, 2.45) is 0 Å². The number of aldehydes is 1. The largest absolute Gasteiger partial charge is 0.385 e. The minimum absolute atomic E-state index is 0.387. The van der Waals surface area contributed by atoms with E-state index in [-0.39, 0.29) is 0 Å². The molecule has 17 heavy (non-hydrogen) atoms. The third kappa shape index (κ3) is 2.86. The molecule has 2 aromatic rings. The standard InChI is InChI=1S/C14H11ClO2/c15-17-14-7-6-12(9-13(14)10-16)8-11-4-2-1-3-5-11/h1-7,9-10H,8H2. The van der Waals surface area contributed by atoms with E-state index in [0.29, 0.717) is 11.3 Å². The highest BCUT2D eigenvalue weighted by atomic mass is 35.5. The van der Waals surface area contributed by atoms with Gasteiger partial charge in [0.1, 0.15) is 11.9 Å². The minimum atomic E-state index is 0.387. The van der Waals surface area contributed by atoms with Gasteiger partial charge in [-0.3, -0.25) is 4.79 Å². The predicted octanol–water partition coefficient (Wildman–Crippen LogP) is 3.62. The van der Waals surface area contributed by atoms with Crippen molar-refractivity contribution in [2.75, 3.05) is 0 Å². The Morgan fingerprint density at radius 1 is 1.06 bits per heavy atom. The molecule has 0 fully saturated rings. The third-order valence-corrected chi connectivity index (χ3v) is 2.70. The molecule has 0 saturated carbocycles. The van der Waals surface area contributed by atoms with Crippen LogP contribution in [0.25, 0.3) is 0 Å². The highest BCUT2D eigenvalue weighted by Crippen LogP contribution is 2.21. The molecular formula is C14H11ClO2. The van der Waals surface area contributed by atoms with Crippen LogP contribution in [0.3, 0.4) is 0 Å². The minimum Gasteiger partial charge on any atom is -0.385 e. The zero-order chi connectivity index (χ0) is 12.1. The molecule has 0 radical (unpaired) electrons. The summed E-state index contributed by atoms with van der Waals surface area (Å²) in [4.78, 5) is 10.9. The lowest BCUT2D eigenvalue weighted by Crippen LogP contribution is -1.92. The maximum Gasteiger partial charge on any atom is 0.156 e. The topological polar surface area (TPSA) is 26.3 Å². The fourth-order valence-electron chi connectivity index (χ4n) is 1.70. The summed E-state index contributed by atoms with van der Waals surface area (Å²) in [5.74, 6) is 0.387. The van der Waals surface area contributed by atoms with Gasteiger partial charge in [-0.25, -0.2) is 0 Å². The summed E-state index contributed by atoms with van der Waals surface area (Å²) >= 11 is 5.26. The number of benzene rings is 2. The fourth-order valence-corrected chi connectivity index (χ4v) is 1.84. The van der Waals surface area contributed by atoms with E-state index in [0.717, 1.165) is 18.3 Å². The summed E-state index contributed by atoms with van der Waals surface area (Å²) in [6.07, 6.45) is 1.52. The van der Waals surface area contributed by atoms with Crippen LogP contribution in [-0.4, -0.2) is 6.29 Å². The number of halogens is 1. The van der Waals surface area contributed by atoms with Crippen molar-refractivity contribution in [3.8, 4) is 5.75 Å². The Morgan fingerprint density at radius 2 is 1.82 bits per heavy atom. The molecule has 0 spiro atoms. The van der Waals surface area contributed by atoms with E-state index in [2.05, 4.69) is 4.29 Å². The Balaban J connectivity index is 2.25. The first-order valence-corrected chi connectivity index (χ1v) is 5.55. The molecule has 0 aliphatic heterocycles.